The van der Waals surface area contributed by atoms with Gasteiger partial charge in [-0.1, -0.05) is 74.8 Å². The fraction of sp³-hybridized carbons (Fsp3) is 0.308. The van der Waals surface area contributed by atoms with Gasteiger partial charge in [-0.05, 0) is 48.4 Å². The minimum atomic E-state index is -0.108. The quantitative estimate of drug-likeness (QED) is 0.420. The van der Waals surface area contributed by atoms with Gasteiger partial charge in [0.2, 0.25) is 0 Å². The molecule has 1 aliphatic rings. The first-order chi connectivity index (χ1) is 14.5. The number of hydrogen-bond acceptors (Lipinski definition) is 2. The molecule has 0 saturated carbocycles. The molecular weight excluding hydrogens is 392 g/mol. The van der Waals surface area contributed by atoms with Gasteiger partial charge in [-0.15, -0.1) is 0 Å². The summed E-state index contributed by atoms with van der Waals surface area (Å²) in [6.07, 6.45) is 5.64. The van der Waals surface area contributed by atoms with Gasteiger partial charge in [0.15, 0.2) is 0 Å². The average Bonchev–Trinajstić information content (AvgIpc) is 3.15. The minimum absolute atomic E-state index is 0.108. The van der Waals surface area contributed by atoms with Gasteiger partial charge >= 0.3 is 0 Å². The van der Waals surface area contributed by atoms with Crippen molar-refractivity contribution < 1.29 is 4.79 Å². The van der Waals surface area contributed by atoms with Crippen LogP contribution in [0.2, 0.25) is 5.02 Å². The van der Waals surface area contributed by atoms with E-state index in [-0.39, 0.29) is 5.91 Å². The summed E-state index contributed by atoms with van der Waals surface area (Å²) in [6, 6.07) is 17.7. The van der Waals surface area contributed by atoms with E-state index in [0.29, 0.717) is 22.8 Å². The van der Waals surface area contributed by atoms with Gasteiger partial charge in [0.05, 0.1) is 11.4 Å². The fourth-order valence-electron chi connectivity index (χ4n) is 4.43. The lowest BCUT2D eigenvalue weighted by Gasteiger charge is -2.30. The Hall–Kier alpha value is -2.65. The second-order valence-corrected chi connectivity index (χ2v) is 8.91. The van der Waals surface area contributed by atoms with Gasteiger partial charge in [0.25, 0.3) is 5.91 Å². The Labute approximate surface area is 183 Å². The van der Waals surface area contributed by atoms with Crippen LogP contribution in [0.1, 0.15) is 67.1 Å². The van der Waals surface area contributed by atoms with Crippen LogP contribution >= 0.6 is 11.6 Å². The summed E-state index contributed by atoms with van der Waals surface area (Å²) in [6.45, 7) is 6.72. The largest absolute Gasteiger partial charge is 0.271 e. The van der Waals surface area contributed by atoms with E-state index in [0.717, 1.165) is 35.4 Å². The molecule has 0 N–H and O–H groups in total. The molecule has 30 heavy (non-hydrogen) atoms. The first-order valence-corrected chi connectivity index (χ1v) is 11.0. The lowest BCUT2D eigenvalue weighted by Crippen LogP contribution is -2.23. The van der Waals surface area contributed by atoms with E-state index in [1.165, 1.54) is 5.56 Å². The summed E-state index contributed by atoms with van der Waals surface area (Å²) in [5.74, 6) is 1.05. The molecule has 3 nitrogen and oxygen atoms in total. The number of benzene rings is 2. The van der Waals surface area contributed by atoms with Crippen LogP contribution in [-0.2, 0) is 0 Å². The van der Waals surface area contributed by atoms with Crippen LogP contribution in [0.15, 0.2) is 60.7 Å². The Kier molecular flexibility index (Phi) is 5.92. The number of allylic oxidation sites excluding steroid dienone is 1. The lowest BCUT2D eigenvalue weighted by atomic mass is 9.75. The van der Waals surface area contributed by atoms with E-state index < -0.39 is 0 Å². The van der Waals surface area contributed by atoms with E-state index in [2.05, 4.69) is 32.9 Å². The highest BCUT2D eigenvalue weighted by atomic mass is 35.5. The van der Waals surface area contributed by atoms with Crippen molar-refractivity contribution in [1.29, 1.82) is 0 Å². The molecule has 4 rings (SSSR count). The third-order valence-corrected chi connectivity index (χ3v) is 6.32. The first-order valence-electron chi connectivity index (χ1n) is 10.6. The van der Waals surface area contributed by atoms with E-state index in [9.17, 15) is 4.79 Å². The molecule has 1 aliphatic carbocycles. The standard InChI is InChI=1S/C26H27ClN2O/c1-17(2)22-15-9-18(3)24-25(20-7-5-4-6-8-20)28-29(26(22)24)23(30)16-12-19-10-13-21(27)14-11-19/h4-8,10-14,16-18,22H,9,15H2,1-3H3/b16-12-/t18-,22+/m1/s1. The van der Waals surface area contributed by atoms with E-state index in [4.69, 9.17) is 16.7 Å². The maximum Gasteiger partial charge on any atom is 0.271 e. The zero-order chi connectivity index (χ0) is 21.3. The number of nitrogens with zero attached hydrogens (tertiary/aromatic N) is 2. The molecule has 2 atom stereocenters. The third-order valence-electron chi connectivity index (χ3n) is 6.06. The summed E-state index contributed by atoms with van der Waals surface area (Å²) in [7, 11) is 0. The second-order valence-electron chi connectivity index (χ2n) is 8.48. The minimum Gasteiger partial charge on any atom is -0.267 e. The molecule has 1 aromatic heterocycles. The van der Waals surface area contributed by atoms with Crippen molar-refractivity contribution >= 4 is 23.6 Å². The highest BCUT2D eigenvalue weighted by molar-refractivity contribution is 6.30. The maximum absolute atomic E-state index is 13.3. The molecule has 3 aromatic rings. The summed E-state index contributed by atoms with van der Waals surface area (Å²) < 4.78 is 1.66. The van der Waals surface area contributed by atoms with Crippen molar-refractivity contribution in [3.8, 4) is 11.3 Å². The van der Waals surface area contributed by atoms with Crippen molar-refractivity contribution in [2.45, 2.75) is 45.4 Å². The van der Waals surface area contributed by atoms with Crippen molar-refractivity contribution in [1.82, 2.24) is 9.78 Å². The van der Waals surface area contributed by atoms with E-state index in [1.54, 1.807) is 10.8 Å². The predicted molar refractivity (Wildman–Crippen MR) is 124 cm³/mol. The number of hydrogen-bond donors (Lipinski definition) is 0. The SMILES string of the molecule is CC(C)[C@@H]1CC[C@@H](C)c2c(-c3ccccc3)nn(C(=O)/C=C\c3ccc(Cl)cc3)c21. The summed E-state index contributed by atoms with van der Waals surface area (Å²) in [5, 5.41) is 5.55. The predicted octanol–water partition coefficient (Wildman–Crippen LogP) is 7.19. The van der Waals surface area contributed by atoms with Gasteiger partial charge in [-0.25, -0.2) is 4.68 Å². The van der Waals surface area contributed by atoms with Crippen LogP contribution in [0.25, 0.3) is 17.3 Å². The summed E-state index contributed by atoms with van der Waals surface area (Å²) in [5.41, 5.74) is 5.27. The average molecular weight is 419 g/mol. The van der Waals surface area contributed by atoms with Crippen molar-refractivity contribution in [2.75, 3.05) is 0 Å². The van der Waals surface area contributed by atoms with Crippen molar-refractivity contribution in [3.05, 3.63) is 82.5 Å². The van der Waals surface area contributed by atoms with Crippen LogP contribution in [0.5, 0.6) is 0 Å². The molecule has 4 heteroatoms. The molecule has 0 bridgehead atoms. The summed E-state index contributed by atoms with van der Waals surface area (Å²) in [4.78, 5) is 13.3. The number of rotatable bonds is 4. The maximum atomic E-state index is 13.3. The molecule has 0 amide bonds. The van der Waals surface area contributed by atoms with Crippen LogP contribution in [0.3, 0.4) is 0 Å². The molecular formula is C26H27ClN2O. The van der Waals surface area contributed by atoms with Gasteiger partial charge < -0.3 is 0 Å². The normalized spacial score (nSPS) is 18.7. The van der Waals surface area contributed by atoms with Gasteiger partial charge in [-0.3, -0.25) is 4.79 Å². The topological polar surface area (TPSA) is 34.9 Å². The molecule has 2 aromatic carbocycles. The molecule has 0 radical (unpaired) electrons. The fourth-order valence-corrected chi connectivity index (χ4v) is 4.56. The molecule has 0 spiro atoms. The number of fused-ring (bicyclic) bond motifs is 1. The Morgan fingerprint density at radius 1 is 1.10 bits per heavy atom. The summed E-state index contributed by atoms with van der Waals surface area (Å²) >= 11 is 5.96. The van der Waals surface area contributed by atoms with Crippen molar-refractivity contribution in [2.24, 2.45) is 5.92 Å². The Morgan fingerprint density at radius 3 is 2.47 bits per heavy atom. The number of carbonyl (C=O) groups is 1. The molecule has 0 unspecified atom stereocenters. The Morgan fingerprint density at radius 2 is 1.80 bits per heavy atom. The number of halogens is 1. The molecule has 1 heterocycles. The highest BCUT2D eigenvalue weighted by Gasteiger charge is 2.35. The van der Waals surface area contributed by atoms with Gasteiger partial charge in [-0.2, -0.15) is 5.10 Å². The van der Waals surface area contributed by atoms with Crippen LogP contribution in [0.4, 0.5) is 0 Å². The Bertz CT molecular complexity index is 1060. The third kappa shape index (κ3) is 3.99. The highest BCUT2D eigenvalue weighted by Crippen LogP contribution is 2.46. The monoisotopic (exact) mass is 418 g/mol. The van der Waals surface area contributed by atoms with Gasteiger partial charge in [0, 0.05) is 28.1 Å². The van der Waals surface area contributed by atoms with Crippen LogP contribution in [0, 0.1) is 5.92 Å². The second kappa shape index (κ2) is 8.61. The zero-order valence-corrected chi connectivity index (χ0v) is 18.4. The van der Waals surface area contributed by atoms with Crippen LogP contribution < -0.4 is 0 Å². The lowest BCUT2D eigenvalue weighted by molar-refractivity contribution is 0.0947. The smallest absolute Gasteiger partial charge is 0.267 e. The number of carbonyl (C=O) groups excluding carboxylic acids is 1. The van der Waals surface area contributed by atoms with Gasteiger partial charge in [0.1, 0.15) is 0 Å². The molecule has 0 fully saturated rings. The molecule has 0 aliphatic heterocycles. The Balaban J connectivity index is 1.80. The number of aromatic nitrogens is 2. The van der Waals surface area contributed by atoms with E-state index in [1.807, 2.05) is 48.5 Å². The molecule has 0 saturated heterocycles. The van der Waals surface area contributed by atoms with Crippen molar-refractivity contribution in [3.63, 3.8) is 0 Å². The first kappa shape index (κ1) is 20.6. The molecule has 154 valence electrons. The van der Waals surface area contributed by atoms with Crippen LogP contribution in [-0.4, -0.2) is 15.7 Å². The van der Waals surface area contributed by atoms with E-state index >= 15 is 0 Å². The zero-order valence-electron chi connectivity index (χ0n) is 17.7.